The molecule has 0 aromatic heterocycles. The van der Waals surface area contributed by atoms with Crippen LogP contribution < -0.4 is 24.8 Å². The van der Waals surface area contributed by atoms with Gasteiger partial charge in [0.2, 0.25) is 0 Å². The van der Waals surface area contributed by atoms with Crippen molar-refractivity contribution in [2.24, 2.45) is 0 Å². The predicted octanol–water partition coefficient (Wildman–Crippen LogP) is -6.76. The van der Waals surface area contributed by atoms with Crippen molar-refractivity contribution in [3.63, 3.8) is 0 Å². The minimum Gasteiger partial charge on any atom is -1.00 e. The van der Waals surface area contributed by atoms with Gasteiger partial charge in [-0.3, -0.25) is 0 Å². The second kappa shape index (κ2) is 41.3. The van der Waals surface area contributed by atoms with Crippen molar-refractivity contribution in [3.8, 4) is 0 Å². The maximum atomic E-state index is 7.00. The zero-order chi connectivity index (χ0) is 2.00. The van der Waals surface area contributed by atoms with E-state index in [4.69, 9.17) is 5.11 Å². The van der Waals surface area contributed by atoms with Gasteiger partial charge in [-0.1, -0.05) is 0 Å². The summed E-state index contributed by atoms with van der Waals surface area (Å²) in [5.74, 6) is 0. The molecule has 0 rings (SSSR count). The monoisotopic (exact) mass is 142 g/mol. The Morgan fingerprint density at radius 3 is 1.00 bits per heavy atom. The Morgan fingerprint density at radius 1 is 1.00 bits per heavy atom. The van der Waals surface area contributed by atoms with E-state index in [-0.39, 0.29) is 62.6 Å². The third-order valence-electron chi connectivity index (χ3n) is 0. The van der Waals surface area contributed by atoms with Crippen LogP contribution in [0.2, 0.25) is 0 Å². The molecule has 0 unspecified atom stereocenters. The standard InChI is InChI=1S/CH4O.Ca.2ClH/c1-2;;;/h2H,1H3;;2*1H/q;+2;;/p-2. The molecule has 4 heteroatoms. The Kier molecular flexibility index (Phi) is 241. The minimum atomic E-state index is 0. The fraction of sp³-hybridized carbons (Fsp3) is 1.00. The van der Waals surface area contributed by atoms with Crippen LogP contribution in [0, 0.1) is 0 Å². The first-order valence-corrected chi connectivity index (χ1v) is 0.447. The van der Waals surface area contributed by atoms with Gasteiger partial charge in [0.1, 0.15) is 0 Å². The van der Waals surface area contributed by atoms with Gasteiger partial charge in [0, 0.05) is 7.11 Å². The van der Waals surface area contributed by atoms with E-state index < -0.39 is 0 Å². The fourth-order valence-corrected chi connectivity index (χ4v) is 0. The molecule has 0 aromatic rings. The van der Waals surface area contributed by atoms with E-state index in [0.717, 1.165) is 7.11 Å². The topological polar surface area (TPSA) is 20.2 Å². The van der Waals surface area contributed by atoms with Crippen LogP contribution >= 0.6 is 0 Å². The molecule has 5 heavy (non-hydrogen) atoms. The first kappa shape index (κ1) is 29.2. The van der Waals surface area contributed by atoms with Gasteiger partial charge in [-0.15, -0.1) is 0 Å². The molecule has 0 aliphatic carbocycles. The molecule has 0 bridgehead atoms. The van der Waals surface area contributed by atoms with Crippen molar-refractivity contribution in [3.05, 3.63) is 0 Å². The Balaban J connectivity index is -0.00000000167. The van der Waals surface area contributed by atoms with E-state index in [1.165, 1.54) is 0 Å². The summed E-state index contributed by atoms with van der Waals surface area (Å²) in [6, 6.07) is 0. The normalized spacial score (nSPS) is 1.20. The molecule has 0 saturated heterocycles. The Bertz CT molecular complexity index is 9.61. The van der Waals surface area contributed by atoms with Crippen molar-refractivity contribution < 1.29 is 29.9 Å². The third-order valence-corrected chi connectivity index (χ3v) is 0. The summed E-state index contributed by atoms with van der Waals surface area (Å²) in [7, 11) is 1.00. The third kappa shape index (κ3) is 25.9. The molecule has 1 N–H and O–H groups in total. The Labute approximate surface area is 74.0 Å². The second-order valence-electron chi connectivity index (χ2n) is 0. The van der Waals surface area contributed by atoms with Gasteiger partial charge in [-0.2, -0.15) is 0 Å². The van der Waals surface area contributed by atoms with Crippen LogP contribution in [0.4, 0.5) is 0 Å². The number of aliphatic hydroxyl groups excluding tert-OH is 1. The molecule has 30 valence electrons. The van der Waals surface area contributed by atoms with Crippen molar-refractivity contribution in [2.45, 2.75) is 0 Å². The summed E-state index contributed by atoms with van der Waals surface area (Å²) in [5, 5.41) is 7.00. The first-order valence-electron chi connectivity index (χ1n) is 0.447. The molecule has 0 atom stereocenters. The van der Waals surface area contributed by atoms with E-state index in [2.05, 4.69) is 0 Å². The number of hydrogen-bond donors (Lipinski definition) is 1. The Morgan fingerprint density at radius 2 is 1.00 bits per heavy atom. The van der Waals surface area contributed by atoms with Gasteiger partial charge >= 0.3 is 37.7 Å². The maximum absolute atomic E-state index is 7.00. The van der Waals surface area contributed by atoms with Crippen molar-refractivity contribution in [2.75, 3.05) is 7.11 Å². The molecule has 0 radical (unpaired) electrons. The summed E-state index contributed by atoms with van der Waals surface area (Å²) in [6.07, 6.45) is 0. The van der Waals surface area contributed by atoms with Gasteiger partial charge in [-0.05, 0) is 0 Å². The summed E-state index contributed by atoms with van der Waals surface area (Å²) in [4.78, 5) is 0. The maximum Gasteiger partial charge on any atom is 2.00 e. The van der Waals surface area contributed by atoms with E-state index >= 15 is 0 Å². The van der Waals surface area contributed by atoms with Gasteiger partial charge in [0.15, 0.2) is 0 Å². The van der Waals surface area contributed by atoms with Crippen LogP contribution in [0.5, 0.6) is 0 Å². The Hall–Kier alpha value is 1.80. The number of aliphatic hydroxyl groups is 1. The van der Waals surface area contributed by atoms with E-state index in [0.29, 0.717) is 0 Å². The fourth-order valence-electron chi connectivity index (χ4n) is 0. The SMILES string of the molecule is CO.[Ca+2].[Cl-].[Cl-]. The summed E-state index contributed by atoms with van der Waals surface area (Å²) in [5.41, 5.74) is 0. The van der Waals surface area contributed by atoms with Crippen LogP contribution in [0.25, 0.3) is 0 Å². The molecule has 1 nitrogen and oxygen atoms in total. The minimum absolute atomic E-state index is 0. The van der Waals surface area contributed by atoms with Crippen LogP contribution in [0.15, 0.2) is 0 Å². The summed E-state index contributed by atoms with van der Waals surface area (Å²) >= 11 is 0. The zero-order valence-electron chi connectivity index (χ0n) is 2.91. The average Bonchev–Trinajstić information content (AvgIpc) is 1.00. The van der Waals surface area contributed by atoms with E-state index in [1.807, 2.05) is 0 Å². The number of hydrogen-bond acceptors (Lipinski definition) is 1. The number of halogens is 2. The van der Waals surface area contributed by atoms with Crippen molar-refractivity contribution in [1.82, 2.24) is 0 Å². The molecule has 0 saturated carbocycles. The van der Waals surface area contributed by atoms with Gasteiger partial charge < -0.3 is 29.9 Å². The van der Waals surface area contributed by atoms with Crippen LogP contribution in [-0.4, -0.2) is 50.0 Å². The first-order chi connectivity index (χ1) is 1.00. The van der Waals surface area contributed by atoms with E-state index in [1.54, 1.807) is 0 Å². The molecule has 0 aliphatic heterocycles. The molecule has 0 aliphatic rings. The molecule has 0 spiro atoms. The quantitative estimate of drug-likeness (QED) is 0.334. The van der Waals surface area contributed by atoms with Crippen molar-refractivity contribution in [1.29, 1.82) is 0 Å². The molecule has 0 fully saturated rings. The van der Waals surface area contributed by atoms with Crippen molar-refractivity contribution >= 4 is 37.7 Å². The number of rotatable bonds is 0. The average molecular weight is 143 g/mol. The van der Waals surface area contributed by atoms with E-state index in [9.17, 15) is 0 Å². The largest absolute Gasteiger partial charge is 2.00 e. The summed E-state index contributed by atoms with van der Waals surface area (Å²) in [6.45, 7) is 0. The van der Waals surface area contributed by atoms with Gasteiger partial charge in [0.25, 0.3) is 0 Å². The summed E-state index contributed by atoms with van der Waals surface area (Å²) < 4.78 is 0. The predicted molar refractivity (Wildman–Crippen MR) is 13.9 cm³/mol. The van der Waals surface area contributed by atoms with Crippen LogP contribution in [0.1, 0.15) is 0 Å². The second-order valence-corrected chi connectivity index (χ2v) is 0. The molecule has 0 heterocycles. The molecule has 0 aromatic carbocycles. The zero-order valence-corrected chi connectivity index (χ0v) is 6.63. The smallest absolute Gasteiger partial charge is 1.00 e. The van der Waals surface area contributed by atoms with Gasteiger partial charge in [-0.25, -0.2) is 0 Å². The molecule has 0 amide bonds. The van der Waals surface area contributed by atoms with Crippen LogP contribution in [0.3, 0.4) is 0 Å². The van der Waals surface area contributed by atoms with Gasteiger partial charge in [0.05, 0.1) is 0 Å². The molecular formula is CH4CaCl2O. The van der Waals surface area contributed by atoms with Crippen LogP contribution in [-0.2, 0) is 0 Å². The molecular weight excluding hydrogens is 139 g/mol.